The molecule has 0 saturated carbocycles. The lowest BCUT2D eigenvalue weighted by atomic mass is 10.1. The van der Waals surface area contributed by atoms with E-state index in [1.54, 1.807) is 12.1 Å². The average molecular weight is 326 g/mol. The maximum Gasteiger partial charge on any atom is 0.123 e. The van der Waals surface area contributed by atoms with Crippen LogP contribution in [0.3, 0.4) is 0 Å². The van der Waals surface area contributed by atoms with Crippen LogP contribution in [0.15, 0.2) is 72.8 Å². The lowest BCUT2D eigenvalue weighted by Gasteiger charge is -2.10. The van der Waals surface area contributed by atoms with Gasteiger partial charge in [0, 0.05) is 10.9 Å². The number of nitrogens with zero attached hydrogens (tertiary/aromatic N) is 2. The number of benzene rings is 3. The summed E-state index contributed by atoms with van der Waals surface area (Å²) >= 11 is 0. The molecule has 5 aromatic rings. The van der Waals surface area contributed by atoms with Gasteiger partial charge in [-0.25, -0.2) is 9.37 Å². The number of rotatable bonds is 1. The molecule has 2 aromatic heterocycles. The van der Waals surface area contributed by atoms with Crippen LogP contribution in [0.2, 0.25) is 0 Å². The standard InChI is InChI=1S/C22H15FN2/c1-14-17-6-2-4-8-19(17)25-20-9-5-3-7-18(20)24-21(22(14)25)15-10-12-16(23)13-11-15/h2-13H,1H3. The molecule has 0 saturated heterocycles. The van der Waals surface area contributed by atoms with Crippen molar-refractivity contribution in [3.8, 4) is 11.3 Å². The van der Waals surface area contributed by atoms with Crippen LogP contribution in [0.25, 0.3) is 38.7 Å². The van der Waals surface area contributed by atoms with Gasteiger partial charge in [0.05, 0.1) is 27.8 Å². The van der Waals surface area contributed by atoms with E-state index >= 15 is 0 Å². The number of para-hydroxylation sites is 3. The minimum Gasteiger partial charge on any atom is -0.305 e. The van der Waals surface area contributed by atoms with Gasteiger partial charge in [0.25, 0.3) is 0 Å². The van der Waals surface area contributed by atoms with Crippen molar-refractivity contribution >= 4 is 27.5 Å². The van der Waals surface area contributed by atoms with Crippen LogP contribution < -0.4 is 0 Å². The molecule has 0 N–H and O–H groups in total. The zero-order valence-electron chi connectivity index (χ0n) is 13.7. The van der Waals surface area contributed by atoms with Crippen molar-refractivity contribution in [3.05, 3.63) is 84.2 Å². The first kappa shape index (κ1) is 14.2. The maximum absolute atomic E-state index is 13.4. The predicted octanol–water partition coefficient (Wildman–Crippen LogP) is 5.76. The van der Waals surface area contributed by atoms with Gasteiger partial charge >= 0.3 is 0 Å². The Hall–Kier alpha value is -3.20. The van der Waals surface area contributed by atoms with Gasteiger partial charge in [0.15, 0.2) is 0 Å². The molecule has 2 heterocycles. The monoisotopic (exact) mass is 326 g/mol. The second kappa shape index (κ2) is 5.15. The van der Waals surface area contributed by atoms with E-state index in [4.69, 9.17) is 4.98 Å². The molecule has 0 fully saturated rings. The van der Waals surface area contributed by atoms with Crippen molar-refractivity contribution < 1.29 is 4.39 Å². The van der Waals surface area contributed by atoms with Crippen molar-refractivity contribution in [2.24, 2.45) is 0 Å². The first-order valence-corrected chi connectivity index (χ1v) is 8.28. The van der Waals surface area contributed by atoms with E-state index in [0.29, 0.717) is 0 Å². The second-order valence-electron chi connectivity index (χ2n) is 6.28. The molecule has 0 radical (unpaired) electrons. The quantitative estimate of drug-likeness (QED) is 0.383. The maximum atomic E-state index is 13.4. The fraction of sp³-hybridized carbons (Fsp3) is 0.0455. The normalized spacial score (nSPS) is 11.6. The van der Waals surface area contributed by atoms with Crippen LogP contribution in [-0.2, 0) is 0 Å². The summed E-state index contributed by atoms with van der Waals surface area (Å²) in [4.78, 5) is 4.92. The highest BCUT2D eigenvalue weighted by atomic mass is 19.1. The van der Waals surface area contributed by atoms with Gasteiger partial charge in [-0.15, -0.1) is 0 Å². The highest BCUT2D eigenvalue weighted by molar-refractivity contribution is 6.01. The molecule has 3 heteroatoms. The lowest BCUT2D eigenvalue weighted by Crippen LogP contribution is -1.96. The first-order chi connectivity index (χ1) is 12.2. The van der Waals surface area contributed by atoms with Crippen molar-refractivity contribution in [2.75, 3.05) is 0 Å². The van der Waals surface area contributed by atoms with Gasteiger partial charge in [-0.05, 0) is 55.0 Å². The molecular weight excluding hydrogens is 311 g/mol. The molecule has 3 aromatic carbocycles. The van der Waals surface area contributed by atoms with E-state index < -0.39 is 0 Å². The van der Waals surface area contributed by atoms with Crippen molar-refractivity contribution in [3.63, 3.8) is 0 Å². The van der Waals surface area contributed by atoms with E-state index in [9.17, 15) is 4.39 Å². The number of aromatic nitrogens is 2. The zero-order valence-corrected chi connectivity index (χ0v) is 13.7. The Morgan fingerprint density at radius 3 is 2.28 bits per heavy atom. The molecule has 25 heavy (non-hydrogen) atoms. The minimum absolute atomic E-state index is 0.238. The SMILES string of the molecule is Cc1c2ccccc2n2c1c(-c1ccc(F)cc1)nc1ccccc12. The van der Waals surface area contributed by atoms with Crippen molar-refractivity contribution in [2.45, 2.75) is 6.92 Å². The topological polar surface area (TPSA) is 17.3 Å². The van der Waals surface area contributed by atoms with Gasteiger partial charge in [0.2, 0.25) is 0 Å². The molecular formula is C22H15FN2. The Balaban J connectivity index is 2.05. The number of hydrogen-bond donors (Lipinski definition) is 0. The summed E-state index contributed by atoms with van der Waals surface area (Å²) in [6, 6.07) is 23.1. The van der Waals surface area contributed by atoms with E-state index in [1.165, 1.54) is 23.1 Å². The number of fused-ring (bicyclic) bond motifs is 5. The third kappa shape index (κ3) is 1.99. The van der Waals surface area contributed by atoms with Crippen LogP contribution >= 0.6 is 0 Å². The van der Waals surface area contributed by atoms with Crippen molar-refractivity contribution in [1.29, 1.82) is 0 Å². The van der Waals surface area contributed by atoms with E-state index in [1.807, 2.05) is 18.2 Å². The van der Waals surface area contributed by atoms with Crippen molar-refractivity contribution in [1.82, 2.24) is 9.38 Å². The minimum atomic E-state index is -0.238. The molecule has 0 unspecified atom stereocenters. The van der Waals surface area contributed by atoms with Gasteiger partial charge < -0.3 is 4.40 Å². The van der Waals surface area contributed by atoms with Gasteiger partial charge in [-0.3, -0.25) is 0 Å². The largest absolute Gasteiger partial charge is 0.305 e. The van der Waals surface area contributed by atoms with Crippen LogP contribution in [0.4, 0.5) is 4.39 Å². The van der Waals surface area contributed by atoms with Crippen LogP contribution in [0.1, 0.15) is 5.56 Å². The van der Waals surface area contributed by atoms with E-state index in [0.717, 1.165) is 33.3 Å². The summed E-state index contributed by atoms with van der Waals surface area (Å²) in [6.07, 6.45) is 0. The smallest absolute Gasteiger partial charge is 0.123 e. The Morgan fingerprint density at radius 2 is 1.48 bits per heavy atom. The van der Waals surface area contributed by atoms with E-state index in [2.05, 4.69) is 41.7 Å². The molecule has 0 amide bonds. The fourth-order valence-corrected chi connectivity index (χ4v) is 3.67. The Morgan fingerprint density at radius 1 is 0.800 bits per heavy atom. The van der Waals surface area contributed by atoms with Crippen LogP contribution in [0, 0.1) is 12.7 Å². The average Bonchev–Trinajstić information content (AvgIpc) is 2.96. The molecule has 0 atom stereocenters. The number of halogens is 1. The van der Waals surface area contributed by atoms with E-state index in [-0.39, 0.29) is 5.82 Å². The number of aryl methyl sites for hydroxylation is 1. The Bertz CT molecular complexity index is 1250. The summed E-state index contributed by atoms with van der Waals surface area (Å²) < 4.78 is 15.7. The fourth-order valence-electron chi connectivity index (χ4n) is 3.67. The van der Waals surface area contributed by atoms with Crippen LogP contribution in [-0.4, -0.2) is 9.38 Å². The molecule has 2 nitrogen and oxygen atoms in total. The molecule has 0 bridgehead atoms. The molecule has 0 aliphatic carbocycles. The summed E-state index contributed by atoms with van der Waals surface area (Å²) in [5.74, 6) is -0.238. The predicted molar refractivity (Wildman–Crippen MR) is 100 cm³/mol. The molecule has 120 valence electrons. The third-order valence-electron chi connectivity index (χ3n) is 4.82. The summed E-state index contributed by atoms with van der Waals surface area (Å²) in [5.41, 5.74) is 7.23. The summed E-state index contributed by atoms with van der Waals surface area (Å²) in [6.45, 7) is 2.13. The van der Waals surface area contributed by atoms with Gasteiger partial charge in [-0.1, -0.05) is 30.3 Å². The van der Waals surface area contributed by atoms with Gasteiger partial charge in [-0.2, -0.15) is 0 Å². The Kier molecular flexibility index (Phi) is 2.92. The summed E-state index contributed by atoms with van der Waals surface area (Å²) in [7, 11) is 0. The molecule has 0 spiro atoms. The zero-order chi connectivity index (χ0) is 17.0. The highest BCUT2D eigenvalue weighted by Gasteiger charge is 2.17. The molecule has 5 rings (SSSR count). The molecule has 0 aliphatic heterocycles. The first-order valence-electron chi connectivity index (χ1n) is 8.28. The Labute approximate surface area is 144 Å². The third-order valence-corrected chi connectivity index (χ3v) is 4.82. The highest BCUT2D eigenvalue weighted by Crippen LogP contribution is 2.35. The number of hydrogen-bond acceptors (Lipinski definition) is 1. The van der Waals surface area contributed by atoms with Gasteiger partial charge in [0.1, 0.15) is 5.82 Å². The molecule has 0 aliphatic rings. The van der Waals surface area contributed by atoms with Crippen LogP contribution in [0.5, 0.6) is 0 Å². The second-order valence-corrected chi connectivity index (χ2v) is 6.28. The summed E-state index contributed by atoms with van der Waals surface area (Å²) in [5, 5.41) is 1.21. The lowest BCUT2D eigenvalue weighted by molar-refractivity contribution is 0.628.